The zero-order chi connectivity index (χ0) is 10.2. The summed E-state index contributed by atoms with van der Waals surface area (Å²) in [6, 6.07) is 10.2. The lowest BCUT2D eigenvalue weighted by atomic mass is 10.1. The van der Waals surface area contributed by atoms with Crippen molar-refractivity contribution in [2.24, 2.45) is 0 Å². The fourth-order valence-corrected chi connectivity index (χ4v) is 1.70. The van der Waals surface area contributed by atoms with Crippen LogP contribution in [-0.4, -0.2) is 13.7 Å². The number of halogens is 1. The topological polar surface area (TPSA) is 9.23 Å². The van der Waals surface area contributed by atoms with E-state index in [1.807, 2.05) is 18.2 Å². The minimum Gasteiger partial charge on any atom is -0.385 e. The average molecular weight is 213 g/mol. The second-order valence-corrected chi connectivity index (χ2v) is 3.89. The van der Waals surface area contributed by atoms with Crippen LogP contribution in [0.2, 0.25) is 0 Å². The van der Waals surface area contributed by atoms with Crippen molar-refractivity contribution in [1.82, 2.24) is 0 Å². The van der Waals surface area contributed by atoms with Gasteiger partial charge in [-0.2, -0.15) is 0 Å². The van der Waals surface area contributed by atoms with E-state index in [9.17, 15) is 0 Å². The highest BCUT2D eigenvalue weighted by Crippen LogP contribution is 2.25. The largest absolute Gasteiger partial charge is 0.385 e. The predicted octanol–water partition coefficient (Wildman–Crippen LogP) is 3.78. The zero-order valence-electron chi connectivity index (χ0n) is 8.58. The van der Waals surface area contributed by atoms with Crippen LogP contribution in [0.3, 0.4) is 0 Å². The number of alkyl halides is 1. The van der Waals surface area contributed by atoms with Crippen molar-refractivity contribution in [3.05, 3.63) is 35.9 Å². The van der Waals surface area contributed by atoms with Gasteiger partial charge in [0.15, 0.2) is 0 Å². The molecule has 0 aliphatic heterocycles. The quantitative estimate of drug-likeness (QED) is 0.515. The van der Waals surface area contributed by atoms with Crippen LogP contribution in [0, 0.1) is 0 Å². The molecule has 0 aromatic heterocycles. The molecule has 1 aromatic rings. The molecule has 0 heterocycles. The third kappa shape index (κ3) is 4.12. The maximum atomic E-state index is 6.24. The lowest BCUT2D eigenvalue weighted by molar-refractivity contribution is 0.192. The van der Waals surface area contributed by atoms with Crippen LogP contribution in [0.5, 0.6) is 0 Å². The van der Waals surface area contributed by atoms with Gasteiger partial charge in [0.1, 0.15) is 0 Å². The number of hydrogen-bond acceptors (Lipinski definition) is 1. The number of unbranched alkanes of at least 4 members (excludes halogenated alkanes) is 1. The summed E-state index contributed by atoms with van der Waals surface area (Å²) in [5.74, 6) is 0. The summed E-state index contributed by atoms with van der Waals surface area (Å²) >= 11 is 6.24. The first-order chi connectivity index (χ1) is 6.84. The van der Waals surface area contributed by atoms with Crippen LogP contribution in [0.4, 0.5) is 0 Å². The van der Waals surface area contributed by atoms with Crippen LogP contribution < -0.4 is 0 Å². The third-order valence-electron chi connectivity index (χ3n) is 2.22. The number of hydrogen-bond donors (Lipinski definition) is 0. The molecular weight excluding hydrogens is 196 g/mol. The van der Waals surface area contributed by atoms with Gasteiger partial charge < -0.3 is 4.74 Å². The number of ether oxygens (including phenoxy) is 1. The lowest BCUT2D eigenvalue weighted by Crippen LogP contribution is -1.93. The molecular formula is C12H17ClO. The highest BCUT2D eigenvalue weighted by atomic mass is 35.5. The van der Waals surface area contributed by atoms with E-state index in [2.05, 4.69) is 12.1 Å². The molecule has 1 aromatic carbocycles. The van der Waals surface area contributed by atoms with E-state index in [1.54, 1.807) is 7.11 Å². The minimum atomic E-state index is 0.146. The second kappa shape index (κ2) is 6.86. The highest BCUT2D eigenvalue weighted by Gasteiger charge is 2.05. The molecule has 2 heteroatoms. The summed E-state index contributed by atoms with van der Waals surface area (Å²) in [6.07, 6.45) is 3.23. The maximum Gasteiger partial charge on any atom is 0.0585 e. The summed E-state index contributed by atoms with van der Waals surface area (Å²) < 4.78 is 4.99. The third-order valence-corrected chi connectivity index (χ3v) is 2.69. The Morgan fingerprint density at radius 1 is 1.21 bits per heavy atom. The molecule has 0 bridgehead atoms. The van der Waals surface area contributed by atoms with Crippen molar-refractivity contribution in [3.8, 4) is 0 Å². The van der Waals surface area contributed by atoms with Crippen LogP contribution in [-0.2, 0) is 4.74 Å². The Morgan fingerprint density at radius 2 is 1.93 bits per heavy atom. The molecule has 0 spiro atoms. The van der Waals surface area contributed by atoms with Gasteiger partial charge in [-0.3, -0.25) is 0 Å². The first-order valence-corrected chi connectivity index (χ1v) is 5.46. The molecule has 1 unspecified atom stereocenters. The Bertz CT molecular complexity index is 235. The smallest absolute Gasteiger partial charge is 0.0585 e. The highest BCUT2D eigenvalue weighted by molar-refractivity contribution is 6.20. The molecule has 14 heavy (non-hydrogen) atoms. The van der Waals surface area contributed by atoms with Gasteiger partial charge in [-0.25, -0.2) is 0 Å². The summed E-state index contributed by atoms with van der Waals surface area (Å²) in [6.45, 7) is 0.832. The molecule has 0 fully saturated rings. The van der Waals surface area contributed by atoms with E-state index in [0.717, 1.165) is 25.9 Å². The molecule has 0 saturated heterocycles. The van der Waals surface area contributed by atoms with Crippen molar-refractivity contribution in [2.75, 3.05) is 13.7 Å². The molecule has 0 amide bonds. The van der Waals surface area contributed by atoms with Gasteiger partial charge in [-0.15, -0.1) is 11.6 Å². The van der Waals surface area contributed by atoms with E-state index < -0.39 is 0 Å². The van der Waals surface area contributed by atoms with Gasteiger partial charge in [0, 0.05) is 13.7 Å². The van der Waals surface area contributed by atoms with Crippen molar-refractivity contribution in [1.29, 1.82) is 0 Å². The van der Waals surface area contributed by atoms with Gasteiger partial charge in [-0.05, 0) is 24.8 Å². The van der Waals surface area contributed by atoms with Crippen LogP contribution in [0.1, 0.15) is 30.2 Å². The first-order valence-electron chi connectivity index (χ1n) is 5.02. The standard InChI is InChI=1S/C12H17ClO/c1-14-10-6-5-9-12(13)11-7-3-2-4-8-11/h2-4,7-8,12H,5-6,9-10H2,1H3. The van der Waals surface area contributed by atoms with E-state index in [0.29, 0.717) is 0 Å². The molecule has 0 aliphatic rings. The Hall–Kier alpha value is -0.530. The fraction of sp³-hybridized carbons (Fsp3) is 0.500. The molecule has 1 atom stereocenters. The van der Waals surface area contributed by atoms with Gasteiger partial charge >= 0.3 is 0 Å². The van der Waals surface area contributed by atoms with Crippen molar-refractivity contribution in [3.63, 3.8) is 0 Å². The first kappa shape index (κ1) is 11.5. The lowest BCUT2D eigenvalue weighted by Gasteiger charge is -2.08. The molecule has 78 valence electrons. The molecule has 1 rings (SSSR count). The normalized spacial score (nSPS) is 12.7. The number of rotatable bonds is 6. The molecule has 0 saturated carbocycles. The van der Waals surface area contributed by atoms with Crippen molar-refractivity contribution < 1.29 is 4.74 Å². The fourth-order valence-electron chi connectivity index (χ4n) is 1.40. The zero-order valence-corrected chi connectivity index (χ0v) is 9.33. The maximum absolute atomic E-state index is 6.24. The Labute approximate surface area is 91.0 Å². The molecule has 1 nitrogen and oxygen atoms in total. The number of benzene rings is 1. The summed E-state index contributed by atoms with van der Waals surface area (Å²) in [7, 11) is 1.73. The van der Waals surface area contributed by atoms with Crippen molar-refractivity contribution in [2.45, 2.75) is 24.6 Å². The average Bonchev–Trinajstić information content (AvgIpc) is 2.25. The minimum absolute atomic E-state index is 0.146. The van der Waals surface area contributed by atoms with E-state index in [4.69, 9.17) is 16.3 Å². The Balaban J connectivity index is 2.25. The van der Waals surface area contributed by atoms with Gasteiger partial charge in [0.2, 0.25) is 0 Å². The Kier molecular flexibility index (Phi) is 5.65. The van der Waals surface area contributed by atoms with Gasteiger partial charge in [-0.1, -0.05) is 30.3 Å². The van der Waals surface area contributed by atoms with Gasteiger partial charge in [0.25, 0.3) is 0 Å². The molecule has 0 radical (unpaired) electrons. The Morgan fingerprint density at radius 3 is 2.57 bits per heavy atom. The van der Waals surface area contributed by atoms with Gasteiger partial charge in [0.05, 0.1) is 5.38 Å². The van der Waals surface area contributed by atoms with E-state index in [-0.39, 0.29) is 5.38 Å². The second-order valence-electron chi connectivity index (χ2n) is 3.37. The number of methoxy groups -OCH3 is 1. The van der Waals surface area contributed by atoms with Crippen LogP contribution in [0.25, 0.3) is 0 Å². The molecule has 0 N–H and O–H groups in total. The van der Waals surface area contributed by atoms with Crippen LogP contribution >= 0.6 is 11.6 Å². The van der Waals surface area contributed by atoms with E-state index >= 15 is 0 Å². The summed E-state index contributed by atoms with van der Waals surface area (Å²) in [5, 5.41) is 0.146. The van der Waals surface area contributed by atoms with Crippen molar-refractivity contribution >= 4 is 11.6 Å². The monoisotopic (exact) mass is 212 g/mol. The summed E-state index contributed by atoms with van der Waals surface area (Å²) in [5.41, 5.74) is 1.21. The molecule has 0 aliphatic carbocycles. The predicted molar refractivity (Wildman–Crippen MR) is 60.8 cm³/mol. The van der Waals surface area contributed by atoms with E-state index in [1.165, 1.54) is 5.56 Å². The summed E-state index contributed by atoms with van der Waals surface area (Å²) in [4.78, 5) is 0. The SMILES string of the molecule is COCCCCC(Cl)c1ccccc1. The van der Waals surface area contributed by atoms with Crippen LogP contribution in [0.15, 0.2) is 30.3 Å².